The summed E-state index contributed by atoms with van der Waals surface area (Å²) in [6, 6.07) is 4.67. The first-order valence-corrected chi connectivity index (χ1v) is 12.9. The van der Waals surface area contributed by atoms with Gasteiger partial charge in [0.2, 0.25) is 11.8 Å². The van der Waals surface area contributed by atoms with Crippen LogP contribution in [0.2, 0.25) is 5.02 Å². The third-order valence-corrected chi connectivity index (χ3v) is 6.22. The fraction of sp³-hybridized carbons (Fsp3) is 0.538. The number of fused-ring (bicyclic) bond motifs is 1. The van der Waals surface area contributed by atoms with Crippen molar-refractivity contribution in [3.63, 3.8) is 0 Å². The van der Waals surface area contributed by atoms with Gasteiger partial charge in [0.1, 0.15) is 12.4 Å². The van der Waals surface area contributed by atoms with Crippen molar-refractivity contribution in [3.8, 4) is 5.75 Å². The van der Waals surface area contributed by atoms with Crippen LogP contribution in [0, 0.1) is 5.92 Å². The van der Waals surface area contributed by atoms with Crippen molar-refractivity contribution in [1.82, 2.24) is 25.7 Å². The second kappa shape index (κ2) is 13.9. The van der Waals surface area contributed by atoms with Gasteiger partial charge < -0.3 is 20.3 Å². The number of aromatic nitrogens is 2. The molecule has 3 rings (SSSR count). The lowest BCUT2D eigenvalue weighted by molar-refractivity contribution is -0.136. The lowest BCUT2D eigenvalue weighted by Crippen LogP contribution is -2.46. The minimum absolute atomic E-state index is 0.00229. The number of hydrogen-bond acceptors (Lipinski definition) is 5. The molecule has 9 nitrogen and oxygen atoms in total. The monoisotopic (exact) mass is 517 g/mol. The van der Waals surface area contributed by atoms with E-state index in [2.05, 4.69) is 34.7 Å². The Bertz CT molecular complexity index is 1010. The zero-order valence-corrected chi connectivity index (χ0v) is 21.8. The smallest absolute Gasteiger partial charge is 0.255 e. The number of nitrogens with zero attached hydrogens (tertiary/aromatic N) is 2. The summed E-state index contributed by atoms with van der Waals surface area (Å²) in [6.07, 6.45) is 7.36. The van der Waals surface area contributed by atoms with E-state index >= 15 is 0 Å². The Balaban J connectivity index is 1.70. The van der Waals surface area contributed by atoms with Crippen molar-refractivity contribution in [2.45, 2.75) is 58.4 Å². The quantitative estimate of drug-likeness (QED) is 0.543. The Morgan fingerprint density at radius 1 is 1.28 bits per heavy atom. The summed E-state index contributed by atoms with van der Waals surface area (Å²) in [4.78, 5) is 40.4. The van der Waals surface area contributed by atoms with Crippen molar-refractivity contribution in [2.75, 3.05) is 26.2 Å². The number of ether oxygens (including phenoxy) is 1. The molecule has 2 aromatic rings. The van der Waals surface area contributed by atoms with Gasteiger partial charge in [-0.1, -0.05) is 25.4 Å². The van der Waals surface area contributed by atoms with Gasteiger partial charge in [0.05, 0.1) is 24.3 Å². The first-order valence-electron chi connectivity index (χ1n) is 12.6. The van der Waals surface area contributed by atoms with Gasteiger partial charge in [0.25, 0.3) is 5.91 Å². The van der Waals surface area contributed by atoms with Gasteiger partial charge in [-0.25, -0.2) is 0 Å². The molecule has 1 aromatic heterocycles. The highest BCUT2D eigenvalue weighted by molar-refractivity contribution is 6.31. The van der Waals surface area contributed by atoms with Crippen LogP contribution < -0.4 is 15.4 Å². The maximum absolute atomic E-state index is 13.0. The summed E-state index contributed by atoms with van der Waals surface area (Å²) in [5, 5.41) is 13.1. The summed E-state index contributed by atoms with van der Waals surface area (Å²) < 4.78 is 5.99. The first kappa shape index (κ1) is 27.5. The molecule has 196 valence electrons. The molecule has 1 aliphatic rings. The highest BCUT2D eigenvalue weighted by Crippen LogP contribution is 2.24. The zero-order valence-electron chi connectivity index (χ0n) is 21.0. The number of carbonyl (C=O) groups is 3. The molecule has 2 heterocycles. The summed E-state index contributed by atoms with van der Waals surface area (Å²) >= 11 is 6.13. The van der Waals surface area contributed by atoms with E-state index in [0.29, 0.717) is 67.4 Å². The van der Waals surface area contributed by atoms with Gasteiger partial charge in [0, 0.05) is 30.7 Å². The lowest BCUT2D eigenvalue weighted by Gasteiger charge is -2.25. The first-order chi connectivity index (χ1) is 17.3. The SMILES string of the molecule is CC(C)C[C@@H]1COc2ccc(Cl)cc2C(=O)NCCCCN(C(=O)CCCc2cn[nH]c2)CC(=O)N1. The molecule has 0 fully saturated rings. The second-order valence-electron chi connectivity index (χ2n) is 9.58. The molecule has 36 heavy (non-hydrogen) atoms. The number of aromatic amines is 1. The van der Waals surface area contributed by atoms with E-state index < -0.39 is 0 Å². The summed E-state index contributed by atoms with van der Waals surface area (Å²) in [5.41, 5.74) is 1.41. The molecule has 3 N–H and O–H groups in total. The Morgan fingerprint density at radius 2 is 2.11 bits per heavy atom. The van der Waals surface area contributed by atoms with E-state index in [9.17, 15) is 14.4 Å². The minimum Gasteiger partial charge on any atom is -0.491 e. The topological polar surface area (TPSA) is 116 Å². The van der Waals surface area contributed by atoms with Crippen LogP contribution in [0.1, 0.15) is 61.9 Å². The third kappa shape index (κ3) is 8.86. The maximum atomic E-state index is 13.0. The number of H-pyrrole nitrogens is 1. The van der Waals surface area contributed by atoms with Gasteiger partial charge >= 0.3 is 0 Å². The molecule has 0 saturated carbocycles. The fourth-order valence-electron chi connectivity index (χ4n) is 4.21. The predicted molar refractivity (Wildman–Crippen MR) is 138 cm³/mol. The van der Waals surface area contributed by atoms with E-state index in [4.69, 9.17) is 16.3 Å². The van der Waals surface area contributed by atoms with Crippen LogP contribution in [-0.2, 0) is 16.0 Å². The van der Waals surface area contributed by atoms with Gasteiger partial charge in [-0.2, -0.15) is 5.10 Å². The Kier molecular flexibility index (Phi) is 10.6. The van der Waals surface area contributed by atoms with Gasteiger partial charge in [-0.3, -0.25) is 19.5 Å². The largest absolute Gasteiger partial charge is 0.491 e. The molecule has 10 heteroatoms. The summed E-state index contributed by atoms with van der Waals surface area (Å²) in [5.74, 6) is 0.200. The van der Waals surface area contributed by atoms with E-state index in [1.807, 2.05) is 6.20 Å². The normalized spacial score (nSPS) is 17.9. The minimum atomic E-state index is -0.271. The Labute approximate surface area is 217 Å². The second-order valence-corrected chi connectivity index (χ2v) is 10.0. The standard InChI is InChI=1S/C26H36ClN5O4/c1-18(2)12-21-17-36-23-9-8-20(27)13-22(23)26(35)28-10-3-4-11-32(16-24(33)31-21)25(34)7-5-6-19-14-29-30-15-19/h8-9,13-15,18,21H,3-7,10-12,16-17H2,1-2H3,(H,28,35)(H,29,30)(H,31,33)/t21-/m1/s1. The van der Waals surface area contributed by atoms with E-state index in [0.717, 1.165) is 12.0 Å². The highest BCUT2D eigenvalue weighted by atomic mass is 35.5. The molecular formula is C26H36ClN5O4. The van der Waals surface area contributed by atoms with Crippen LogP contribution >= 0.6 is 11.6 Å². The van der Waals surface area contributed by atoms with Crippen LogP contribution in [0.25, 0.3) is 0 Å². The van der Waals surface area contributed by atoms with Crippen LogP contribution in [0.3, 0.4) is 0 Å². The third-order valence-electron chi connectivity index (χ3n) is 5.99. The number of carbonyl (C=O) groups excluding carboxylic acids is 3. The van der Waals surface area contributed by atoms with Crippen molar-refractivity contribution >= 4 is 29.3 Å². The van der Waals surface area contributed by atoms with Crippen molar-refractivity contribution in [2.24, 2.45) is 5.92 Å². The molecule has 0 unspecified atom stereocenters. The summed E-state index contributed by atoms with van der Waals surface area (Å²) in [6.45, 7) is 5.22. The zero-order chi connectivity index (χ0) is 25.9. The van der Waals surface area contributed by atoms with Crippen LogP contribution in [0.4, 0.5) is 0 Å². The number of halogens is 1. The molecular weight excluding hydrogens is 482 g/mol. The van der Waals surface area contributed by atoms with Crippen molar-refractivity contribution in [1.29, 1.82) is 0 Å². The van der Waals surface area contributed by atoms with Crippen molar-refractivity contribution in [3.05, 3.63) is 46.7 Å². The average molecular weight is 518 g/mol. The maximum Gasteiger partial charge on any atom is 0.255 e. The molecule has 1 aromatic carbocycles. The molecule has 0 bridgehead atoms. The van der Waals surface area contributed by atoms with Gasteiger partial charge in [0.15, 0.2) is 0 Å². The molecule has 3 amide bonds. The van der Waals surface area contributed by atoms with Crippen LogP contribution in [0.5, 0.6) is 5.75 Å². The molecule has 1 atom stereocenters. The van der Waals surface area contributed by atoms with Gasteiger partial charge in [-0.05, 0) is 61.8 Å². The molecule has 1 aliphatic heterocycles. The van der Waals surface area contributed by atoms with Crippen LogP contribution in [0.15, 0.2) is 30.6 Å². The number of nitrogens with one attached hydrogen (secondary N) is 3. The molecule has 0 radical (unpaired) electrons. The Morgan fingerprint density at radius 3 is 2.86 bits per heavy atom. The predicted octanol–water partition coefficient (Wildman–Crippen LogP) is 3.35. The number of benzene rings is 1. The number of hydrogen-bond donors (Lipinski definition) is 3. The lowest BCUT2D eigenvalue weighted by atomic mass is 10.0. The molecule has 0 spiro atoms. The number of amides is 3. The van der Waals surface area contributed by atoms with Gasteiger partial charge in [-0.15, -0.1) is 0 Å². The fourth-order valence-corrected chi connectivity index (χ4v) is 4.39. The molecule has 0 aliphatic carbocycles. The van der Waals surface area contributed by atoms with E-state index in [1.165, 1.54) is 0 Å². The summed E-state index contributed by atoms with van der Waals surface area (Å²) in [7, 11) is 0. The highest BCUT2D eigenvalue weighted by Gasteiger charge is 2.22. The van der Waals surface area contributed by atoms with Crippen molar-refractivity contribution < 1.29 is 19.1 Å². The van der Waals surface area contributed by atoms with E-state index in [-0.39, 0.29) is 36.9 Å². The number of aryl methyl sites for hydroxylation is 1. The molecule has 0 saturated heterocycles. The van der Waals surface area contributed by atoms with E-state index in [1.54, 1.807) is 29.3 Å². The van der Waals surface area contributed by atoms with Crippen LogP contribution in [-0.4, -0.2) is 65.1 Å². The Hall–Kier alpha value is -3.07. The number of rotatable bonds is 6. The average Bonchev–Trinajstić information content (AvgIpc) is 3.34.